The molecule has 0 saturated carbocycles. The van der Waals surface area contributed by atoms with Crippen molar-refractivity contribution in [2.45, 2.75) is 43.8 Å². The summed E-state index contributed by atoms with van der Waals surface area (Å²) in [6.45, 7) is 3.74. The molecule has 2 aromatic carbocycles. The molecule has 1 heterocycles. The molecular weight excluding hydrogens is 551 g/mol. The van der Waals surface area contributed by atoms with Crippen LogP contribution in [0, 0.1) is 6.92 Å². The average molecular weight is 582 g/mol. The summed E-state index contributed by atoms with van der Waals surface area (Å²) in [5.41, 5.74) is 2.28. The van der Waals surface area contributed by atoms with E-state index in [0.717, 1.165) is 39.2 Å². The molecule has 12 heteroatoms. The number of alkyl halides is 3. The normalized spacial score (nSPS) is 12.9. The van der Waals surface area contributed by atoms with Gasteiger partial charge in [-0.25, -0.2) is 8.42 Å². The van der Waals surface area contributed by atoms with Crippen LogP contribution in [0.4, 0.5) is 13.2 Å². The summed E-state index contributed by atoms with van der Waals surface area (Å²) in [6.07, 6.45) is -1.17. The summed E-state index contributed by atoms with van der Waals surface area (Å²) in [4.78, 5) is 15.8. The van der Waals surface area contributed by atoms with Crippen LogP contribution in [-0.2, 0) is 21.0 Å². The highest BCUT2D eigenvalue weighted by atomic mass is 32.2. The Morgan fingerprint density at radius 2 is 1.90 bits per heavy atom. The van der Waals surface area contributed by atoms with Crippen molar-refractivity contribution >= 4 is 28.0 Å². The molecule has 0 spiro atoms. The molecule has 0 fully saturated rings. The van der Waals surface area contributed by atoms with Crippen molar-refractivity contribution in [2.24, 2.45) is 0 Å². The van der Waals surface area contributed by atoms with E-state index in [0.29, 0.717) is 29.4 Å². The van der Waals surface area contributed by atoms with Crippen molar-refractivity contribution in [3.8, 4) is 11.1 Å². The van der Waals surface area contributed by atoms with E-state index in [1.807, 2.05) is 25.1 Å². The first-order chi connectivity index (χ1) is 18.4. The van der Waals surface area contributed by atoms with E-state index in [1.165, 1.54) is 0 Å². The number of rotatable bonds is 12. The predicted octanol–water partition coefficient (Wildman–Crippen LogP) is 5.93. The van der Waals surface area contributed by atoms with Crippen molar-refractivity contribution in [1.82, 2.24) is 14.6 Å². The second-order valence-corrected chi connectivity index (χ2v) is 11.5. The van der Waals surface area contributed by atoms with Crippen molar-refractivity contribution < 1.29 is 30.9 Å². The Kier molecular flexibility index (Phi) is 10.5. The minimum absolute atomic E-state index is 0.00761. The molecule has 1 aromatic heterocycles. The number of aromatic nitrogens is 1. The number of pyridine rings is 1. The molecule has 0 radical (unpaired) electrons. The van der Waals surface area contributed by atoms with Crippen LogP contribution in [0.15, 0.2) is 71.9 Å². The molecular formula is C27H30F3N3O4S2. The van der Waals surface area contributed by atoms with Gasteiger partial charge < -0.3 is 9.87 Å². The maximum absolute atomic E-state index is 13.7. The summed E-state index contributed by atoms with van der Waals surface area (Å²) < 4.78 is 77.5. The molecule has 39 heavy (non-hydrogen) atoms. The van der Waals surface area contributed by atoms with Gasteiger partial charge in [-0.05, 0) is 84.9 Å². The number of hydrogen-bond donors (Lipinski definition) is 2. The number of nitrogens with one attached hydrogen (secondary N) is 1. The number of hydrogen-bond acceptors (Lipinski definition) is 6. The minimum atomic E-state index is -4.70. The summed E-state index contributed by atoms with van der Waals surface area (Å²) in [5, 5.41) is 2.63. The monoisotopic (exact) mass is 581 g/mol. The van der Waals surface area contributed by atoms with E-state index in [1.54, 1.807) is 31.5 Å². The fourth-order valence-electron chi connectivity index (χ4n) is 4.14. The molecule has 3 aromatic rings. The van der Waals surface area contributed by atoms with Crippen LogP contribution in [0.3, 0.4) is 0 Å². The topological polar surface area (TPSA) is 99.6 Å². The Morgan fingerprint density at radius 1 is 1.15 bits per heavy atom. The van der Waals surface area contributed by atoms with Gasteiger partial charge in [0.25, 0.3) is 0 Å². The number of nitrogens with zero attached hydrogens (tertiary/aromatic N) is 2. The minimum Gasteiger partial charge on any atom is -0.355 e. The van der Waals surface area contributed by atoms with Gasteiger partial charge in [-0.15, -0.1) is 0 Å². The number of amides is 1. The summed E-state index contributed by atoms with van der Waals surface area (Å²) in [6, 6.07) is 12.1. The van der Waals surface area contributed by atoms with Crippen LogP contribution in [0.25, 0.3) is 11.1 Å². The molecule has 1 amide bonds. The van der Waals surface area contributed by atoms with Crippen molar-refractivity contribution in [3.63, 3.8) is 0 Å². The fraction of sp³-hybridized carbons (Fsp3) is 0.333. The van der Waals surface area contributed by atoms with Crippen molar-refractivity contribution in [2.75, 3.05) is 18.8 Å². The third kappa shape index (κ3) is 8.04. The van der Waals surface area contributed by atoms with E-state index < -0.39 is 32.7 Å². The molecule has 2 N–H and O–H groups in total. The molecule has 210 valence electrons. The van der Waals surface area contributed by atoms with Gasteiger partial charge in [0.1, 0.15) is 0 Å². The zero-order valence-corrected chi connectivity index (χ0v) is 23.1. The Hall–Kier alpha value is -2.93. The largest absolute Gasteiger partial charge is 0.416 e. The quantitative estimate of drug-likeness (QED) is 0.203. The van der Waals surface area contributed by atoms with Gasteiger partial charge in [-0.2, -0.15) is 17.5 Å². The highest BCUT2D eigenvalue weighted by Gasteiger charge is 2.34. The van der Waals surface area contributed by atoms with Gasteiger partial charge in [0.2, 0.25) is 15.9 Å². The van der Waals surface area contributed by atoms with E-state index >= 15 is 0 Å². The van der Waals surface area contributed by atoms with Crippen LogP contribution in [0.1, 0.15) is 42.5 Å². The molecule has 1 unspecified atom stereocenters. The molecule has 0 aliphatic heterocycles. The number of benzene rings is 2. The highest BCUT2D eigenvalue weighted by Crippen LogP contribution is 2.34. The Balaban J connectivity index is 1.95. The lowest BCUT2D eigenvalue weighted by molar-refractivity contribution is -0.137. The average Bonchev–Trinajstić information content (AvgIpc) is 2.91. The van der Waals surface area contributed by atoms with Gasteiger partial charge in [0, 0.05) is 43.7 Å². The van der Waals surface area contributed by atoms with Crippen LogP contribution in [0.2, 0.25) is 0 Å². The second-order valence-electron chi connectivity index (χ2n) is 8.92. The van der Waals surface area contributed by atoms with Crippen LogP contribution in [0.5, 0.6) is 0 Å². The third-order valence-electron chi connectivity index (χ3n) is 6.20. The van der Waals surface area contributed by atoms with Gasteiger partial charge in [-0.3, -0.25) is 9.78 Å². The molecule has 0 saturated heterocycles. The fourth-order valence-corrected chi connectivity index (χ4v) is 6.04. The van der Waals surface area contributed by atoms with Gasteiger partial charge in [0.15, 0.2) is 0 Å². The first-order valence-electron chi connectivity index (χ1n) is 12.2. The van der Waals surface area contributed by atoms with Crippen LogP contribution < -0.4 is 5.32 Å². The predicted molar refractivity (Wildman–Crippen MR) is 145 cm³/mol. The molecule has 3 rings (SSSR count). The highest BCUT2D eigenvalue weighted by molar-refractivity contribution is 7.93. The van der Waals surface area contributed by atoms with Crippen LogP contribution >= 0.6 is 12.0 Å². The van der Waals surface area contributed by atoms with E-state index in [2.05, 4.69) is 10.3 Å². The summed E-state index contributed by atoms with van der Waals surface area (Å²) in [5.74, 6) is -0.00479. The number of halogens is 3. The van der Waals surface area contributed by atoms with Crippen LogP contribution in [-0.4, -0.2) is 47.0 Å². The third-order valence-corrected chi connectivity index (χ3v) is 8.55. The Morgan fingerprint density at radius 3 is 2.59 bits per heavy atom. The maximum Gasteiger partial charge on any atom is 0.416 e. The van der Waals surface area contributed by atoms with E-state index in [9.17, 15) is 26.4 Å². The van der Waals surface area contributed by atoms with E-state index in [-0.39, 0.29) is 31.8 Å². The smallest absolute Gasteiger partial charge is 0.355 e. The first kappa shape index (κ1) is 30.6. The van der Waals surface area contributed by atoms with Gasteiger partial charge in [0.05, 0.1) is 10.5 Å². The number of sulfonamides is 1. The number of carbonyl (C=O) groups excluding carboxylic acids is 1. The van der Waals surface area contributed by atoms with Crippen molar-refractivity contribution in [3.05, 3.63) is 83.7 Å². The van der Waals surface area contributed by atoms with Gasteiger partial charge in [-0.1, -0.05) is 24.3 Å². The summed E-state index contributed by atoms with van der Waals surface area (Å²) in [7, 11) is -4.38. The first-order valence-corrected chi connectivity index (χ1v) is 14.6. The molecule has 0 aliphatic carbocycles. The zero-order chi connectivity index (χ0) is 28.6. The van der Waals surface area contributed by atoms with E-state index in [4.69, 9.17) is 4.55 Å². The molecule has 0 aliphatic rings. The Labute approximate surface area is 230 Å². The summed E-state index contributed by atoms with van der Waals surface area (Å²) >= 11 is 0.592. The standard InChI is InChI=1S/C27H30F3N3O4S2/c1-19-18-31-12-11-25(19)22-7-3-6-21(16-22)20(2)33(14-5-10-26(34)32-13-15-38-35)39(36,37)24-9-4-8-23(17-24)27(28,29)30/h3-4,6-9,11-12,16-18,20,35H,5,10,13-15H2,1-2H3,(H,32,34). The molecule has 7 nitrogen and oxygen atoms in total. The second kappa shape index (κ2) is 13.4. The molecule has 0 bridgehead atoms. The van der Waals surface area contributed by atoms with Gasteiger partial charge >= 0.3 is 6.18 Å². The lowest BCUT2D eigenvalue weighted by atomic mass is 9.98. The molecule has 1 atom stereocenters. The SMILES string of the molecule is Cc1cnccc1-c1cccc(C(C)N(CCCC(=O)NCCSO)S(=O)(=O)c2cccc(C(F)(F)F)c2)c1. The maximum atomic E-state index is 13.7. The Bertz CT molecular complexity index is 1380. The lowest BCUT2D eigenvalue weighted by Crippen LogP contribution is -2.35. The van der Waals surface area contributed by atoms with Crippen molar-refractivity contribution in [1.29, 1.82) is 0 Å². The lowest BCUT2D eigenvalue weighted by Gasteiger charge is -2.29. The number of aryl methyl sites for hydroxylation is 1. The zero-order valence-electron chi connectivity index (χ0n) is 21.5. The number of carbonyl (C=O) groups is 1.